The van der Waals surface area contributed by atoms with E-state index in [0.29, 0.717) is 11.7 Å². The van der Waals surface area contributed by atoms with Crippen molar-refractivity contribution in [1.29, 1.82) is 0 Å². The zero-order valence-electron chi connectivity index (χ0n) is 9.30. The first-order valence-electron chi connectivity index (χ1n) is 4.92. The molecule has 0 aromatic heterocycles. The highest BCUT2D eigenvalue weighted by Gasteiger charge is 2.15. The van der Waals surface area contributed by atoms with Gasteiger partial charge in [0.05, 0.1) is 8.07 Å². The summed E-state index contributed by atoms with van der Waals surface area (Å²) in [7, 11) is -1.29. The number of halogens is 1. The maximum absolute atomic E-state index is 12.8. The number of carbonyl (C=O) groups excluding carboxylic acids is 1. The van der Waals surface area contributed by atoms with Crippen molar-refractivity contribution in [2.45, 2.75) is 19.6 Å². The number of benzene rings is 1. The summed E-state index contributed by atoms with van der Waals surface area (Å²) >= 11 is 0. The Morgan fingerprint density at radius 1 is 1.40 bits per heavy atom. The lowest BCUT2D eigenvalue weighted by Gasteiger charge is -2.16. The summed E-state index contributed by atoms with van der Waals surface area (Å²) in [5.41, 5.74) is 0.383. The molecule has 0 spiro atoms. The Hall–Kier alpha value is -1.16. The number of rotatable bonds is 3. The summed E-state index contributed by atoms with van der Waals surface area (Å²) in [6.45, 7) is 6.50. The van der Waals surface area contributed by atoms with Gasteiger partial charge in [-0.15, -0.1) is 0 Å². The van der Waals surface area contributed by atoms with E-state index in [0.717, 1.165) is 0 Å². The molecule has 4 heteroatoms. The number of nitrogens with one attached hydrogen (secondary N) is 1. The van der Waals surface area contributed by atoms with Crippen molar-refractivity contribution in [2.75, 3.05) is 6.17 Å². The summed E-state index contributed by atoms with van der Waals surface area (Å²) in [6, 6.07) is 5.73. The number of carbonyl (C=O) groups is 1. The third kappa shape index (κ3) is 4.25. The monoisotopic (exact) mass is 225 g/mol. The second-order valence-corrected chi connectivity index (χ2v) is 10.2. The van der Waals surface area contributed by atoms with Crippen LogP contribution < -0.4 is 5.32 Å². The zero-order valence-corrected chi connectivity index (χ0v) is 10.3. The Balaban J connectivity index is 2.62. The van der Waals surface area contributed by atoms with Crippen LogP contribution in [0.15, 0.2) is 24.3 Å². The topological polar surface area (TPSA) is 29.1 Å². The molecule has 2 nitrogen and oxygen atoms in total. The van der Waals surface area contributed by atoms with Gasteiger partial charge in [-0.25, -0.2) is 4.39 Å². The van der Waals surface area contributed by atoms with Crippen LogP contribution in [0.25, 0.3) is 0 Å². The van der Waals surface area contributed by atoms with E-state index in [4.69, 9.17) is 0 Å². The Kier molecular flexibility index (Phi) is 3.63. The van der Waals surface area contributed by atoms with Gasteiger partial charge in [0, 0.05) is 11.7 Å². The highest BCUT2D eigenvalue weighted by molar-refractivity contribution is 6.76. The van der Waals surface area contributed by atoms with Gasteiger partial charge in [-0.2, -0.15) is 0 Å². The predicted octanol–water partition coefficient (Wildman–Crippen LogP) is 2.43. The average molecular weight is 225 g/mol. The molecule has 1 N–H and O–H groups in total. The average Bonchev–Trinajstić information content (AvgIpc) is 2.13. The Labute approximate surface area is 90.5 Å². The van der Waals surface area contributed by atoms with Crippen LogP contribution in [0.4, 0.5) is 4.39 Å². The first kappa shape index (κ1) is 11.9. The highest BCUT2D eigenvalue weighted by atomic mass is 28.3. The minimum absolute atomic E-state index is 0.197. The quantitative estimate of drug-likeness (QED) is 0.786. The minimum Gasteiger partial charge on any atom is -0.355 e. The molecule has 0 atom stereocenters. The molecular formula is C11H16FNOSi. The van der Waals surface area contributed by atoms with Crippen molar-refractivity contribution in [3.05, 3.63) is 35.6 Å². The van der Waals surface area contributed by atoms with Crippen LogP contribution in [-0.2, 0) is 0 Å². The smallest absolute Gasteiger partial charge is 0.251 e. The van der Waals surface area contributed by atoms with Crippen molar-refractivity contribution in [3.8, 4) is 0 Å². The molecule has 0 fully saturated rings. The van der Waals surface area contributed by atoms with Crippen molar-refractivity contribution in [3.63, 3.8) is 0 Å². The number of hydrogen-bond acceptors (Lipinski definition) is 1. The SMILES string of the molecule is C[Si](C)(C)CNC(=O)c1cccc(F)c1. The van der Waals surface area contributed by atoms with E-state index in [1.165, 1.54) is 12.1 Å². The van der Waals surface area contributed by atoms with Crippen molar-refractivity contribution < 1.29 is 9.18 Å². The van der Waals surface area contributed by atoms with E-state index >= 15 is 0 Å². The van der Waals surface area contributed by atoms with Crippen molar-refractivity contribution in [1.82, 2.24) is 5.32 Å². The number of hydrogen-bond donors (Lipinski definition) is 1. The maximum Gasteiger partial charge on any atom is 0.251 e. The second kappa shape index (κ2) is 4.57. The van der Waals surface area contributed by atoms with Gasteiger partial charge in [-0.05, 0) is 18.2 Å². The molecule has 0 heterocycles. The molecule has 1 rings (SSSR count). The van der Waals surface area contributed by atoms with E-state index in [1.807, 2.05) is 0 Å². The van der Waals surface area contributed by atoms with Gasteiger partial charge in [0.2, 0.25) is 0 Å². The normalized spacial score (nSPS) is 11.2. The third-order valence-electron chi connectivity index (χ3n) is 1.87. The summed E-state index contributed by atoms with van der Waals surface area (Å²) in [5.74, 6) is -0.576. The van der Waals surface area contributed by atoms with Crippen LogP contribution in [-0.4, -0.2) is 20.1 Å². The molecule has 15 heavy (non-hydrogen) atoms. The third-order valence-corrected chi connectivity index (χ3v) is 3.10. The van der Waals surface area contributed by atoms with Crippen LogP contribution in [0.1, 0.15) is 10.4 Å². The largest absolute Gasteiger partial charge is 0.355 e. The van der Waals surface area contributed by atoms with E-state index in [-0.39, 0.29) is 11.7 Å². The van der Waals surface area contributed by atoms with Crippen LogP contribution in [0.3, 0.4) is 0 Å². The van der Waals surface area contributed by atoms with Crippen LogP contribution in [0, 0.1) is 5.82 Å². The molecule has 0 bridgehead atoms. The molecule has 1 amide bonds. The van der Waals surface area contributed by atoms with Gasteiger partial charge in [-0.1, -0.05) is 25.7 Å². The standard InChI is InChI=1S/C11H16FNOSi/c1-15(2,3)8-13-11(14)9-5-4-6-10(12)7-9/h4-7H,8H2,1-3H3,(H,13,14). The fourth-order valence-corrected chi connectivity index (χ4v) is 1.77. The molecule has 0 aliphatic rings. The van der Waals surface area contributed by atoms with E-state index in [1.54, 1.807) is 12.1 Å². The summed E-state index contributed by atoms with van der Waals surface area (Å²) < 4.78 is 12.8. The predicted molar refractivity (Wildman–Crippen MR) is 62.1 cm³/mol. The summed E-state index contributed by atoms with van der Waals surface area (Å²) in [4.78, 5) is 11.6. The van der Waals surface area contributed by atoms with Crippen molar-refractivity contribution in [2.24, 2.45) is 0 Å². The van der Waals surface area contributed by atoms with Gasteiger partial charge < -0.3 is 5.32 Å². The molecule has 0 aliphatic carbocycles. The Morgan fingerprint density at radius 3 is 2.60 bits per heavy atom. The summed E-state index contributed by atoms with van der Waals surface area (Å²) in [5, 5.41) is 2.82. The molecule has 1 aromatic rings. The molecule has 0 saturated carbocycles. The first-order valence-corrected chi connectivity index (χ1v) is 8.63. The van der Waals surface area contributed by atoms with E-state index < -0.39 is 8.07 Å². The van der Waals surface area contributed by atoms with Gasteiger partial charge in [0.1, 0.15) is 5.82 Å². The highest BCUT2D eigenvalue weighted by Crippen LogP contribution is 2.04. The van der Waals surface area contributed by atoms with Crippen molar-refractivity contribution >= 4 is 14.0 Å². The Morgan fingerprint density at radius 2 is 2.07 bits per heavy atom. The lowest BCUT2D eigenvalue weighted by Crippen LogP contribution is -2.39. The van der Waals surface area contributed by atoms with Crippen LogP contribution in [0.2, 0.25) is 19.6 Å². The minimum atomic E-state index is -1.29. The van der Waals surface area contributed by atoms with E-state index in [2.05, 4.69) is 25.0 Å². The molecule has 0 unspecified atom stereocenters. The molecule has 0 aliphatic heterocycles. The molecule has 0 saturated heterocycles. The van der Waals surface area contributed by atoms with Crippen LogP contribution in [0.5, 0.6) is 0 Å². The zero-order chi connectivity index (χ0) is 11.5. The van der Waals surface area contributed by atoms with Gasteiger partial charge in [0.25, 0.3) is 5.91 Å². The fraction of sp³-hybridized carbons (Fsp3) is 0.364. The van der Waals surface area contributed by atoms with E-state index in [9.17, 15) is 9.18 Å². The molecule has 82 valence electrons. The molecule has 0 radical (unpaired) electrons. The Bertz CT molecular complexity index is 360. The first-order chi connectivity index (χ1) is 6.88. The fourth-order valence-electron chi connectivity index (χ4n) is 1.08. The molecule has 1 aromatic carbocycles. The summed E-state index contributed by atoms with van der Waals surface area (Å²) in [6.07, 6.45) is 0.711. The van der Waals surface area contributed by atoms with Gasteiger partial charge in [0.15, 0.2) is 0 Å². The lowest BCUT2D eigenvalue weighted by atomic mass is 10.2. The van der Waals surface area contributed by atoms with Crippen LogP contribution >= 0.6 is 0 Å². The maximum atomic E-state index is 12.8. The van der Waals surface area contributed by atoms with Gasteiger partial charge in [-0.3, -0.25) is 4.79 Å². The molecular weight excluding hydrogens is 209 g/mol. The second-order valence-electron chi connectivity index (χ2n) is 4.75. The number of amides is 1. The van der Waals surface area contributed by atoms with Gasteiger partial charge >= 0.3 is 0 Å². The lowest BCUT2D eigenvalue weighted by molar-refractivity contribution is 0.0959.